The second-order valence-corrected chi connectivity index (χ2v) is 5.56. The van der Waals surface area contributed by atoms with Crippen LogP contribution in [-0.2, 0) is 9.59 Å². The van der Waals surface area contributed by atoms with Gasteiger partial charge in [-0.3, -0.25) is 15.0 Å². The molecular weight excluding hydrogens is 212 g/mol. The van der Waals surface area contributed by atoms with Gasteiger partial charge in [-0.25, -0.2) is 5.01 Å². The molecule has 1 saturated carbocycles. The molecule has 2 rings (SSSR count). The highest BCUT2D eigenvalue weighted by Crippen LogP contribution is 2.32. The Hall–Kier alpha value is -0.710. The van der Waals surface area contributed by atoms with E-state index < -0.39 is 0 Å². The fourth-order valence-electron chi connectivity index (χ4n) is 1.61. The molecule has 1 aliphatic heterocycles. The standard InChI is InChI=1S/C10H16N2O2S/c1-6(2)10-12(8(13)5-15-10)11-9(14)7-3-4-7/h6-7,10H,3-5H2,1-2H3,(H,11,14). The molecule has 4 nitrogen and oxygen atoms in total. The summed E-state index contributed by atoms with van der Waals surface area (Å²) in [7, 11) is 0. The minimum Gasteiger partial charge on any atom is -0.273 e. The number of carbonyl (C=O) groups is 2. The van der Waals surface area contributed by atoms with Crippen LogP contribution in [0.3, 0.4) is 0 Å². The molecule has 1 heterocycles. The van der Waals surface area contributed by atoms with Crippen LogP contribution in [0.5, 0.6) is 0 Å². The molecule has 0 aromatic heterocycles. The highest BCUT2D eigenvalue weighted by Gasteiger charge is 2.38. The van der Waals surface area contributed by atoms with E-state index >= 15 is 0 Å². The molecule has 84 valence electrons. The van der Waals surface area contributed by atoms with Gasteiger partial charge in [0.25, 0.3) is 5.91 Å². The highest BCUT2D eigenvalue weighted by atomic mass is 32.2. The fraction of sp³-hybridized carbons (Fsp3) is 0.800. The number of thioether (sulfide) groups is 1. The monoisotopic (exact) mass is 228 g/mol. The Bertz CT molecular complexity index is 287. The van der Waals surface area contributed by atoms with Crippen LogP contribution in [0.15, 0.2) is 0 Å². The molecule has 0 aromatic carbocycles. The summed E-state index contributed by atoms with van der Waals surface area (Å²) in [6.07, 6.45) is 1.93. The summed E-state index contributed by atoms with van der Waals surface area (Å²) < 4.78 is 0. The molecule has 1 N–H and O–H groups in total. The lowest BCUT2D eigenvalue weighted by atomic mass is 10.2. The van der Waals surface area contributed by atoms with Crippen molar-refractivity contribution in [1.82, 2.24) is 10.4 Å². The number of hydrogen-bond donors (Lipinski definition) is 1. The number of hydrogen-bond acceptors (Lipinski definition) is 3. The second-order valence-electron chi connectivity index (χ2n) is 4.46. The van der Waals surface area contributed by atoms with Gasteiger partial charge < -0.3 is 0 Å². The molecule has 2 aliphatic rings. The average Bonchev–Trinajstić information content (AvgIpc) is 2.94. The van der Waals surface area contributed by atoms with Gasteiger partial charge in [0, 0.05) is 5.92 Å². The quantitative estimate of drug-likeness (QED) is 0.783. The second kappa shape index (κ2) is 4.04. The van der Waals surface area contributed by atoms with Crippen LogP contribution in [0.4, 0.5) is 0 Å². The van der Waals surface area contributed by atoms with E-state index in [9.17, 15) is 9.59 Å². The van der Waals surface area contributed by atoms with Crippen molar-refractivity contribution >= 4 is 23.6 Å². The Morgan fingerprint density at radius 2 is 2.20 bits per heavy atom. The summed E-state index contributed by atoms with van der Waals surface area (Å²) >= 11 is 1.60. The van der Waals surface area contributed by atoms with Crippen molar-refractivity contribution < 1.29 is 9.59 Å². The number of nitrogens with one attached hydrogen (secondary N) is 1. The summed E-state index contributed by atoms with van der Waals surface area (Å²) in [5.41, 5.74) is 2.75. The van der Waals surface area contributed by atoms with Gasteiger partial charge in [0.1, 0.15) is 5.37 Å². The van der Waals surface area contributed by atoms with Crippen LogP contribution >= 0.6 is 11.8 Å². The SMILES string of the molecule is CC(C)C1SCC(=O)N1NC(=O)C1CC1. The molecule has 0 spiro atoms. The molecule has 1 atom stereocenters. The largest absolute Gasteiger partial charge is 0.273 e. The van der Waals surface area contributed by atoms with Crippen LogP contribution in [0.25, 0.3) is 0 Å². The number of rotatable bonds is 3. The molecular formula is C10H16N2O2S. The molecule has 2 fully saturated rings. The van der Waals surface area contributed by atoms with Gasteiger partial charge >= 0.3 is 0 Å². The van der Waals surface area contributed by atoms with E-state index in [1.165, 1.54) is 5.01 Å². The van der Waals surface area contributed by atoms with Crippen LogP contribution in [0.2, 0.25) is 0 Å². The summed E-state index contributed by atoms with van der Waals surface area (Å²) in [5, 5.41) is 1.62. The maximum absolute atomic E-state index is 11.6. The first-order chi connectivity index (χ1) is 7.09. The van der Waals surface area contributed by atoms with Gasteiger partial charge in [0.2, 0.25) is 5.91 Å². The first-order valence-corrected chi connectivity index (χ1v) is 6.38. The van der Waals surface area contributed by atoms with Crippen molar-refractivity contribution in [1.29, 1.82) is 0 Å². The zero-order valence-corrected chi connectivity index (χ0v) is 9.84. The van der Waals surface area contributed by atoms with E-state index in [4.69, 9.17) is 0 Å². The Kier molecular flexibility index (Phi) is 2.91. The van der Waals surface area contributed by atoms with Crippen molar-refractivity contribution in [2.24, 2.45) is 11.8 Å². The lowest BCUT2D eigenvalue weighted by Crippen LogP contribution is -2.49. The maximum atomic E-state index is 11.6. The molecule has 5 heteroatoms. The lowest BCUT2D eigenvalue weighted by molar-refractivity contribution is -0.140. The van der Waals surface area contributed by atoms with Gasteiger partial charge in [0.15, 0.2) is 0 Å². The van der Waals surface area contributed by atoms with E-state index in [2.05, 4.69) is 19.3 Å². The van der Waals surface area contributed by atoms with Gasteiger partial charge in [0.05, 0.1) is 5.75 Å². The lowest BCUT2D eigenvalue weighted by Gasteiger charge is -2.26. The van der Waals surface area contributed by atoms with E-state index in [1.807, 2.05) is 0 Å². The first-order valence-electron chi connectivity index (χ1n) is 5.33. The summed E-state index contributed by atoms with van der Waals surface area (Å²) in [6, 6.07) is 0. The van der Waals surface area contributed by atoms with Crippen LogP contribution in [0.1, 0.15) is 26.7 Å². The predicted molar refractivity (Wildman–Crippen MR) is 58.8 cm³/mol. The molecule has 1 saturated heterocycles. The minimum atomic E-state index is 0.0106. The van der Waals surface area contributed by atoms with Gasteiger partial charge in [-0.1, -0.05) is 13.8 Å². The smallest absolute Gasteiger partial charge is 0.252 e. The van der Waals surface area contributed by atoms with Gasteiger partial charge in [-0.05, 0) is 18.8 Å². The summed E-state index contributed by atoms with van der Waals surface area (Å²) in [6.45, 7) is 4.12. The first kappa shape index (κ1) is 10.8. The maximum Gasteiger partial charge on any atom is 0.252 e. The number of carbonyl (C=O) groups excluding carboxylic acids is 2. The van der Waals surface area contributed by atoms with Gasteiger partial charge in [-0.2, -0.15) is 0 Å². The molecule has 0 aromatic rings. The average molecular weight is 228 g/mol. The van der Waals surface area contributed by atoms with E-state index in [0.717, 1.165) is 12.8 Å². The van der Waals surface area contributed by atoms with Crippen molar-refractivity contribution in [2.45, 2.75) is 32.1 Å². The Morgan fingerprint density at radius 3 is 2.73 bits per heavy atom. The van der Waals surface area contributed by atoms with E-state index in [1.54, 1.807) is 11.8 Å². The molecule has 0 radical (unpaired) electrons. The van der Waals surface area contributed by atoms with Crippen molar-refractivity contribution in [3.63, 3.8) is 0 Å². The molecule has 0 bridgehead atoms. The van der Waals surface area contributed by atoms with Crippen LogP contribution in [0, 0.1) is 11.8 Å². The Labute approximate surface area is 93.7 Å². The molecule has 1 aliphatic carbocycles. The third-order valence-electron chi connectivity index (χ3n) is 2.65. The predicted octanol–water partition coefficient (Wildman–Crippen LogP) is 0.985. The Balaban J connectivity index is 1.97. The Morgan fingerprint density at radius 1 is 1.53 bits per heavy atom. The molecule has 15 heavy (non-hydrogen) atoms. The summed E-state index contributed by atoms with van der Waals surface area (Å²) in [4.78, 5) is 23.1. The van der Waals surface area contributed by atoms with E-state index in [0.29, 0.717) is 11.7 Å². The zero-order chi connectivity index (χ0) is 11.0. The fourth-order valence-corrected chi connectivity index (χ4v) is 2.77. The summed E-state index contributed by atoms with van der Waals surface area (Å²) in [5.74, 6) is 1.02. The normalized spacial score (nSPS) is 26.2. The highest BCUT2D eigenvalue weighted by molar-refractivity contribution is 8.01. The molecule has 1 unspecified atom stereocenters. The van der Waals surface area contributed by atoms with Crippen LogP contribution in [-0.4, -0.2) is 27.9 Å². The number of nitrogens with zero attached hydrogens (tertiary/aromatic N) is 1. The van der Waals surface area contributed by atoms with Crippen LogP contribution < -0.4 is 5.43 Å². The van der Waals surface area contributed by atoms with Crippen molar-refractivity contribution in [2.75, 3.05) is 5.75 Å². The topological polar surface area (TPSA) is 49.4 Å². The number of amides is 2. The third-order valence-corrected chi connectivity index (χ3v) is 4.16. The number of hydrazine groups is 1. The van der Waals surface area contributed by atoms with Crippen molar-refractivity contribution in [3.05, 3.63) is 0 Å². The molecule has 2 amide bonds. The zero-order valence-electron chi connectivity index (χ0n) is 9.03. The van der Waals surface area contributed by atoms with Crippen molar-refractivity contribution in [3.8, 4) is 0 Å². The van der Waals surface area contributed by atoms with Gasteiger partial charge in [-0.15, -0.1) is 11.8 Å². The third kappa shape index (κ3) is 2.27. The minimum absolute atomic E-state index is 0.0106. The van der Waals surface area contributed by atoms with E-state index in [-0.39, 0.29) is 23.1 Å².